The lowest BCUT2D eigenvalue weighted by Gasteiger charge is -2.46. The smallest absolute Gasteiger partial charge is 0.253 e. The van der Waals surface area contributed by atoms with Gasteiger partial charge in [-0.1, -0.05) is 25.1 Å². The lowest BCUT2D eigenvalue weighted by atomic mass is 9.78. The molecule has 2 aromatic carbocycles. The summed E-state index contributed by atoms with van der Waals surface area (Å²) in [5.74, 6) is 0.949. The third-order valence-electron chi connectivity index (χ3n) is 5.90. The fourth-order valence-corrected chi connectivity index (χ4v) is 4.44. The Morgan fingerprint density at radius 2 is 2.00 bits per heavy atom. The summed E-state index contributed by atoms with van der Waals surface area (Å²) in [5, 5.41) is 0. The molecule has 2 heterocycles. The molecule has 1 amide bonds. The van der Waals surface area contributed by atoms with Gasteiger partial charge < -0.3 is 14.4 Å². The highest BCUT2D eigenvalue weighted by atomic mass is 19.1. The number of amides is 1. The quantitative estimate of drug-likeness (QED) is 0.765. The van der Waals surface area contributed by atoms with Gasteiger partial charge in [-0.2, -0.15) is 0 Å². The van der Waals surface area contributed by atoms with Gasteiger partial charge in [-0.15, -0.1) is 0 Å². The summed E-state index contributed by atoms with van der Waals surface area (Å²) in [4.78, 5) is 14.6. The molecule has 4 rings (SSSR count). The molecule has 0 N–H and O–H groups in total. The maximum atomic E-state index is 14.1. The zero-order valence-corrected chi connectivity index (χ0v) is 16.4. The summed E-state index contributed by atoms with van der Waals surface area (Å²) in [5.41, 5.74) is 1.41. The zero-order valence-electron chi connectivity index (χ0n) is 16.4. The number of benzene rings is 2. The molecule has 2 aliphatic heterocycles. The van der Waals surface area contributed by atoms with Crippen molar-refractivity contribution in [3.63, 3.8) is 0 Å². The standard InChI is InChI=1S/C23H26FNO3/c1-3-27-21-9-8-17(14-19(21)24)22(26)25-12-10-23(11-13-25)15-16(2)18-6-4-5-7-20(18)28-23/h4-9,14,16H,3,10-13,15H2,1-2H3. The van der Waals surface area contributed by atoms with Crippen LogP contribution >= 0.6 is 0 Å². The van der Waals surface area contributed by atoms with Crippen LogP contribution in [0, 0.1) is 5.82 Å². The maximum absolute atomic E-state index is 14.1. The number of nitrogens with zero attached hydrogens (tertiary/aromatic N) is 1. The SMILES string of the molecule is CCOc1ccc(C(=O)N2CCC3(CC2)CC(C)c2ccccc2O3)cc1F. The van der Waals surface area contributed by atoms with E-state index < -0.39 is 5.82 Å². The normalized spacial score (nSPS) is 20.4. The van der Waals surface area contributed by atoms with E-state index in [1.54, 1.807) is 17.9 Å². The molecule has 0 aliphatic carbocycles. The van der Waals surface area contributed by atoms with Crippen molar-refractivity contribution in [3.05, 3.63) is 59.4 Å². The highest BCUT2D eigenvalue weighted by Crippen LogP contribution is 2.45. The first-order valence-corrected chi connectivity index (χ1v) is 10.0. The van der Waals surface area contributed by atoms with Crippen LogP contribution in [-0.2, 0) is 0 Å². The fourth-order valence-electron chi connectivity index (χ4n) is 4.44. The van der Waals surface area contributed by atoms with Crippen molar-refractivity contribution < 1.29 is 18.7 Å². The highest BCUT2D eigenvalue weighted by Gasteiger charge is 2.42. The second-order valence-corrected chi connectivity index (χ2v) is 7.80. The predicted molar refractivity (Wildman–Crippen MR) is 106 cm³/mol. The molecule has 1 unspecified atom stereocenters. The minimum Gasteiger partial charge on any atom is -0.491 e. The minimum atomic E-state index is -0.498. The summed E-state index contributed by atoms with van der Waals surface area (Å²) in [6.07, 6.45) is 2.54. The van der Waals surface area contributed by atoms with E-state index >= 15 is 0 Å². The van der Waals surface area contributed by atoms with Gasteiger partial charge in [0.1, 0.15) is 11.4 Å². The second-order valence-electron chi connectivity index (χ2n) is 7.80. The number of likely N-dealkylation sites (tertiary alicyclic amines) is 1. The van der Waals surface area contributed by atoms with E-state index in [-0.39, 0.29) is 17.3 Å². The molecule has 1 fully saturated rings. The highest BCUT2D eigenvalue weighted by molar-refractivity contribution is 5.94. The van der Waals surface area contributed by atoms with E-state index in [4.69, 9.17) is 9.47 Å². The summed E-state index contributed by atoms with van der Waals surface area (Å²) >= 11 is 0. The fraction of sp³-hybridized carbons (Fsp3) is 0.435. The Kier molecular flexibility index (Phi) is 5.00. The Balaban J connectivity index is 1.44. The number of carbonyl (C=O) groups excluding carboxylic acids is 1. The number of hydrogen-bond acceptors (Lipinski definition) is 3. The molecule has 2 aromatic rings. The van der Waals surface area contributed by atoms with Gasteiger partial charge in [-0.05, 0) is 49.1 Å². The molecular weight excluding hydrogens is 357 g/mol. The number of halogens is 1. The van der Waals surface area contributed by atoms with Crippen LogP contribution in [0.5, 0.6) is 11.5 Å². The van der Waals surface area contributed by atoms with Gasteiger partial charge in [0.2, 0.25) is 0 Å². The topological polar surface area (TPSA) is 38.8 Å². The Labute approximate surface area is 165 Å². The van der Waals surface area contributed by atoms with Crippen LogP contribution in [0.15, 0.2) is 42.5 Å². The molecule has 1 spiro atoms. The van der Waals surface area contributed by atoms with Gasteiger partial charge in [0, 0.05) is 31.5 Å². The third kappa shape index (κ3) is 3.46. The first-order chi connectivity index (χ1) is 13.5. The van der Waals surface area contributed by atoms with Crippen molar-refractivity contribution in [2.45, 2.75) is 44.6 Å². The summed E-state index contributed by atoms with van der Waals surface area (Å²) in [6, 6.07) is 12.7. The van der Waals surface area contributed by atoms with Gasteiger partial charge in [0.05, 0.1) is 6.61 Å². The molecular formula is C23H26FNO3. The predicted octanol–water partition coefficient (Wildman–Crippen LogP) is 4.79. The minimum absolute atomic E-state index is 0.138. The lowest BCUT2D eigenvalue weighted by molar-refractivity contribution is -0.0165. The van der Waals surface area contributed by atoms with Crippen LogP contribution in [-0.4, -0.2) is 36.1 Å². The first-order valence-electron chi connectivity index (χ1n) is 10.0. The molecule has 0 saturated carbocycles. The molecule has 1 atom stereocenters. The Hall–Kier alpha value is -2.56. The average Bonchev–Trinajstić information content (AvgIpc) is 2.70. The summed E-state index contributed by atoms with van der Waals surface area (Å²) in [6.45, 7) is 5.66. The van der Waals surface area contributed by atoms with Crippen LogP contribution in [0.25, 0.3) is 0 Å². The Morgan fingerprint density at radius 3 is 2.71 bits per heavy atom. The van der Waals surface area contributed by atoms with Crippen molar-refractivity contribution in [2.24, 2.45) is 0 Å². The number of piperidine rings is 1. The Bertz CT molecular complexity index is 874. The molecule has 5 heteroatoms. The van der Waals surface area contributed by atoms with E-state index in [1.165, 1.54) is 17.7 Å². The van der Waals surface area contributed by atoms with Crippen LogP contribution in [0.2, 0.25) is 0 Å². The Morgan fingerprint density at radius 1 is 1.25 bits per heavy atom. The second kappa shape index (κ2) is 7.46. The zero-order chi connectivity index (χ0) is 19.7. The molecule has 0 aromatic heterocycles. The van der Waals surface area contributed by atoms with Crippen molar-refractivity contribution in [3.8, 4) is 11.5 Å². The number of rotatable bonds is 3. The van der Waals surface area contributed by atoms with E-state index in [0.717, 1.165) is 25.0 Å². The van der Waals surface area contributed by atoms with Crippen LogP contribution < -0.4 is 9.47 Å². The van der Waals surface area contributed by atoms with Crippen molar-refractivity contribution in [1.82, 2.24) is 4.90 Å². The van der Waals surface area contributed by atoms with Crippen molar-refractivity contribution in [2.75, 3.05) is 19.7 Å². The lowest BCUT2D eigenvalue weighted by Crippen LogP contribution is -2.51. The van der Waals surface area contributed by atoms with E-state index in [2.05, 4.69) is 13.0 Å². The van der Waals surface area contributed by atoms with Gasteiger partial charge in [0.25, 0.3) is 5.91 Å². The number of ether oxygens (including phenoxy) is 2. The molecule has 148 valence electrons. The first kappa shape index (κ1) is 18.8. The van der Waals surface area contributed by atoms with Gasteiger partial charge in [0.15, 0.2) is 11.6 Å². The maximum Gasteiger partial charge on any atom is 0.253 e. The summed E-state index contributed by atoms with van der Waals surface area (Å²) in [7, 11) is 0. The summed E-state index contributed by atoms with van der Waals surface area (Å²) < 4.78 is 25.7. The van der Waals surface area contributed by atoms with Gasteiger partial charge >= 0.3 is 0 Å². The van der Waals surface area contributed by atoms with Crippen LogP contribution in [0.4, 0.5) is 4.39 Å². The number of para-hydroxylation sites is 1. The molecule has 0 bridgehead atoms. The van der Waals surface area contributed by atoms with Crippen LogP contribution in [0.1, 0.15) is 54.9 Å². The number of hydrogen-bond donors (Lipinski definition) is 0. The van der Waals surface area contributed by atoms with Crippen molar-refractivity contribution in [1.29, 1.82) is 0 Å². The molecule has 28 heavy (non-hydrogen) atoms. The van der Waals surface area contributed by atoms with E-state index in [1.807, 2.05) is 18.2 Å². The molecule has 2 aliphatic rings. The largest absolute Gasteiger partial charge is 0.491 e. The number of fused-ring (bicyclic) bond motifs is 1. The van der Waals surface area contributed by atoms with Gasteiger partial charge in [-0.3, -0.25) is 4.79 Å². The average molecular weight is 383 g/mol. The molecule has 1 saturated heterocycles. The molecule has 0 radical (unpaired) electrons. The van der Waals surface area contributed by atoms with E-state index in [9.17, 15) is 9.18 Å². The monoisotopic (exact) mass is 383 g/mol. The van der Waals surface area contributed by atoms with Crippen molar-refractivity contribution >= 4 is 5.91 Å². The van der Waals surface area contributed by atoms with Gasteiger partial charge in [-0.25, -0.2) is 4.39 Å². The third-order valence-corrected chi connectivity index (χ3v) is 5.90. The molecule has 4 nitrogen and oxygen atoms in total. The van der Waals surface area contributed by atoms with E-state index in [0.29, 0.717) is 31.2 Å². The van der Waals surface area contributed by atoms with Crippen LogP contribution in [0.3, 0.4) is 0 Å². The number of carbonyl (C=O) groups is 1.